The number of hydrogen-bond donors (Lipinski definition) is 1. The Kier molecular flexibility index (Phi) is 2.82. The molecule has 3 aromatic rings. The van der Waals surface area contributed by atoms with Crippen molar-refractivity contribution in [1.82, 2.24) is 4.98 Å². The third-order valence-electron chi connectivity index (χ3n) is 4.31. The van der Waals surface area contributed by atoms with Gasteiger partial charge >= 0.3 is 0 Å². The summed E-state index contributed by atoms with van der Waals surface area (Å²) in [6.07, 6.45) is 1.36. The highest BCUT2D eigenvalue weighted by Gasteiger charge is 2.30. The second-order valence-corrected chi connectivity index (χ2v) is 7.94. The summed E-state index contributed by atoms with van der Waals surface area (Å²) in [7, 11) is 0. The van der Waals surface area contributed by atoms with Crippen LogP contribution in [0.2, 0.25) is 0 Å². The van der Waals surface area contributed by atoms with E-state index in [-0.39, 0.29) is 11.3 Å². The first-order valence-electron chi connectivity index (χ1n) is 7.55. The molecule has 1 aromatic carbocycles. The van der Waals surface area contributed by atoms with Crippen LogP contribution in [-0.2, 0) is 11.2 Å². The van der Waals surface area contributed by atoms with Crippen LogP contribution < -0.4 is 5.32 Å². The van der Waals surface area contributed by atoms with E-state index in [9.17, 15) is 4.79 Å². The highest BCUT2D eigenvalue weighted by Crippen LogP contribution is 2.43. The number of thiophene rings is 1. The monoisotopic (exact) mass is 310 g/mol. The Labute approximate surface area is 133 Å². The lowest BCUT2D eigenvalue weighted by atomic mass is 9.84. The zero-order valence-corrected chi connectivity index (χ0v) is 13.8. The number of anilines is 1. The lowest BCUT2D eigenvalue weighted by molar-refractivity contribution is -0.117. The van der Waals surface area contributed by atoms with Gasteiger partial charge in [0.25, 0.3) is 0 Å². The molecule has 1 aliphatic heterocycles. The number of carbonyl (C=O) groups excluding carboxylic acids is 1. The van der Waals surface area contributed by atoms with Gasteiger partial charge in [0.15, 0.2) is 0 Å². The molecule has 0 aliphatic carbocycles. The number of fused-ring (bicyclic) bond motifs is 5. The molecular formula is C18H18N2OS. The molecule has 0 atom stereocenters. The quantitative estimate of drug-likeness (QED) is 0.655. The first-order valence-corrected chi connectivity index (χ1v) is 8.37. The summed E-state index contributed by atoms with van der Waals surface area (Å²) < 4.78 is 2.42. The van der Waals surface area contributed by atoms with Crippen LogP contribution in [0.1, 0.15) is 31.7 Å². The Morgan fingerprint density at radius 2 is 2.00 bits per heavy atom. The van der Waals surface area contributed by atoms with Crippen molar-refractivity contribution in [3.63, 3.8) is 0 Å². The molecule has 0 saturated carbocycles. The third kappa shape index (κ3) is 2.02. The zero-order valence-electron chi connectivity index (χ0n) is 13.0. The van der Waals surface area contributed by atoms with Gasteiger partial charge in [0.05, 0.1) is 21.8 Å². The fourth-order valence-electron chi connectivity index (χ4n) is 3.40. The van der Waals surface area contributed by atoms with Gasteiger partial charge in [-0.05, 0) is 24.8 Å². The van der Waals surface area contributed by atoms with Crippen LogP contribution in [0.4, 0.5) is 5.69 Å². The molecule has 3 nitrogen and oxygen atoms in total. The van der Waals surface area contributed by atoms with Gasteiger partial charge in [0.1, 0.15) is 0 Å². The number of nitrogens with one attached hydrogen (secondary N) is 1. The molecule has 0 spiro atoms. The van der Waals surface area contributed by atoms with Crippen LogP contribution in [0.5, 0.6) is 0 Å². The van der Waals surface area contributed by atoms with Crippen molar-refractivity contribution >= 4 is 43.1 Å². The maximum atomic E-state index is 12.3. The van der Waals surface area contributed by atoms with Gasteiger partial charge in [0.2, 0.25) is 5.91 Å². The number of amides is 1. The van der Waals surface area contributed by atoms with Gasteiger partial charge in [-0.15, -0.1) is 11.3 Å². The molecule has 0 bridgehead atoms. The van der Waals surface area contributed by atoms with Crippen molar-refractivity contribution in [2.24, 2.45) is 5.41 Å². The van der Waals surface area contributed by atoms with Crippen molar-refractivity contribution in [1.29, 1.82) is 0 Å². The van der Waals surface area contributed by atoms with Crippen molar-refractivity contribution in [3.05, 3.63) is 35.7 Å². The number of aromatic nitrogens is 1. The van der Waals surface area contributed by atoms with Gasteiger partial charge in [-0.2, -0.15) is 0 Å². The maximum Gasteiger partial charge on any atom is 0.224 e. The Balaban J connectivity index is 2.12. The predicted octanol–water partition coefficient (Wildman–Crippen LogP) is 4.67. The largest absolute Gasteiger partial charge is 0.324 e. The van der Waals surface area contributed by atoms with Crippen molar-refractivity contribution in [3.8, 4) is 0 Å². The van der Waals surface area contributed by atoms with Crippen molar-refractivity contribution in [2.45, 2.75) is 33.6 Å². The molecule has 112 valence electrons. The van der Waals surface area contributed by atoms with E-state index in [0.29, 0.717) is 6.42 Å². The normalized spacial score (nSPS) is 17.3. The Morgan fingerprint density at radius 1 is 1.23 bits per heavy atom. The molecule has 1 amide bonds. The Bertz CT molecular complexity index is 924. The lowest BCUT2D eigenvalue weighted by Gasteiger charge is -2.20. The zero-order chi connectivity index (χ0) is 15.5. The molecule has 0 fully saturated rings. The molecule has 2 aromatic heterocycles. The summed E-state index contributed by atoms with van der Waals surface area (Å²) in [6, 6.07) is 8.38. The van der Waals surface area contributed by atoms with Gasteiger partial charge in [0, 0.05) is 21.9 Å². The Morgan fingerprint density at radius 3 is 2.82 bits per heavy atom. The van der Waals surface area contributed by atoms with Crippen LogP contribution in [-0.4, -0.2) is 10.9 Å². The molecule has 0 radical (unpaired) electrons. The van der Waals surface area contributed by atoms with Gasteiger partial charge in [-0.3, -0.25) is 9.78 Å². The number of pyridine rings is 1. The van der Waals surface area contributed by atoms with E-state index in [2.05, 4.69) is 50.4 Å². The van der Waals surface area contributed by atoms with Crippen molar-refractivity contribution in [2.75, 3.05) is 5.32 Å². The fraction of sp³-hybridized carbons (Fsp3) is 0.333. The van der Waals surface area contributed by atoms with E-state index in [1.54, 1.807) is 11.3 Å². The molecule has 0 unspecified atom stereocenters. The first kappa shape index (κ1) is 13.7. The summed E-state index contributed by atoms with van der Waals surface area (Å²) in [5.41, 5.74) is 2.94. The summed E-state index contributed by atoms with van der Waals surface area (Å²) in [6.45, 7) is 6.33. The molecule has 1 aliphatic rings. The van der Waals surface area contributed by atoms with Crippen LogP contribution in [0.3, 0.4) is 0 Å². The molecule has 3 heterocycles. The van der Waals surface area contributed by atoms with E-state index in [4.69, 9.17) is 4.98 Å². The fourth-order valence-corrected chi connectivity index (χ4v) is 4.55. The van der Waals surface area contributed by atoms with Crippen LogP contribution in [0.25, 0.3) is 20.2 Å². The topological polar surface area (TPSA) is 42.0 Å². The SMILES string of the molecule is Cc1nc2c(c3c1sc1ccccc13)NC(=O)CC(C)(C)C2. The predicted molar refractivity (Wildman–Crippen MR) is 92.6 cm³/mol. The van der Waals surface area contributed by atoms with Crippen LogP contribution in [0.15, 0.2) is 24.3 Å². The molecule has 4 rings (SSSR count). The lowest BCUT2D eigenvalue weighted by Crippen LogP contribution is -2.20. The van der Waals surface area contributed by atoms with Crippen LogP contribution >= 0.6 is 11.3 Å². The van der Waals surface area contributed by atoms with Gasteiger partial charge in [-0.1, -0.05) is 32.0 Å². The van der Waals surface area contributed by atoms with Gasteiger partial charge in [-0.25, -0.2) is 0 Å². The van der Waals surface area contributed by atoms with Crippen LogP contribution in [0, 0.1) is 12.3 Å². The molecule has 4 heteroatoms. The number of aryl methyl sites for hydroxylation is 1. The second-order valence-electron chi connectivity index (χ2n) is 6.89. The standard InChI is InChI=1S/C18H18N2OS/c1-10-17-15(11-6-4-5-7-13(11)22-17)16-12(19-10)8-18(2,3)9-14(21)20-16/h4-7H,8-9H2,1-3H3,(H,20,21). The highest BCUT2D eigenvalue weighted by atomic mass is 32.1. The first-order chi connectivity index (χ1) is 10.4. The second kappa shape index (κ2) is 4.53. The average Bonchev–Trinajstić information content (AvgIpc) is 2.77. The molecule has 1 N–H and O–H groups in total. The van der Waals surface area contributed by atoms with E-state index < -0.39 is 0 Å². The number of hydrogen-bond acceptors (Lipinski definition) is 3. The smallest absolute Gasteiger partial charge is 0.224 e. The minimum Gasteiger partial charge on any atom is -0.324 e. The highest BCUT2D eigenvalue weighted by molar-refractivity contribution is 7.26. The summed E-state index contributed by atoms with van der Waals surface area (Å²) >= 11 is 1.76. The third-order valence-corrected chi connectivity index (χ3v) is 5.59. The minimum absolute atomic E-state index is 0.0612. The van der Waals surface area contributed by atoms with E-state index in [0.717, 1.165) is 28.9 Å². The summed E-state index contributed by atoms with van der Waals surface area (Å²) in [4.78, 5) is 17.1. The van der Waals surface area contributed by atoms with E-state index in [1.807, 2.05) is 0 Å². The Hall–Kier alpha value is -1.94. The number of rotatable bonds is 0. The summed E-state index contributed by atoms with van der Waals surface area (Å²) in [5.74, 6) is 0.0889. The number of carbonyl (C=O) groups is 1. The number of nitrogens with zero attached hydrogens (tertiary/aromatic N) is 1. The maximum absolute atomic E-state index is 12.3. The molecule has 0 saturated heterocycles. The van der Waals surface area contributed by atoms with Gasteiger partial charge < -0.3 is 5.32 Å². The van der Waals surface area contributed by atoms with E-state index in [1.165, 1.54) is 14.8 Å². The summed E-state index contributed by atoms with van der Waals surface area (Å²) in [5, 5.41) is 5.51. The number of benzene rings is 1. The molecular weight excluding hydrogens is 292 g/mol. The average molecular weight is 310 g/mol. The van der Waals surface area contributed by atoms with Crippen molar-refractivity contribution < 1.29 is 4.79 Å². The van der Waals surface area contributed by atoms with E-state index >= 15 is 0 Å². The molecule has 22 heavy (non-hydrogen) atoms. The minimum atomic E-state index is -0.0612.